The predicted molar refractivity (Wildman–Crippen MR) is 55.8 cm³/mol. The average molecular weight is 221 g/mol. The molecule has 84 valence electrons. The Bertz CT molecular complexity index is 450. The molecule has 1 N–H and O–H groups in total. The van der Waals surface area contributed by atoms with E-state index < -0.39 is 11.8 Å². The summed E-state index contributed by atoms with van der Waals surface area (Å²) in [4.78, 5) is 22.3. The van der Waals surface area contributed by atoms with Crippen molar-refractivity contribution in [2.24, 2.45) is 5.10 Å². The summed E-state index contributed by atoms with van der Waals surface area (Å²) in [6, 6.07) is 3.54. The van der Waals surface area contributed by atoms with E-state index in [0.717, 1.165) is 10.8 Å². The Morgan fingerprint density at radius 2 is 2.31 bits per heavy atom. The molecular weight excluding hydrogens is 210 g/mol. The van der Waals surface area contributed by atoms with Gasteiger partial charge in [0, 0.05) is 6.54 Å². The molecule has 0 unspecified atom stereocenters. The maximum Gasteiger partial charge on any atom is 0.331 e. The third-order valence-corrected chi connectivity index (χ3v) is 2.12. The van der Waals surface area contributed by atoms with Gasteiger partial charge >= 0.3 is 11.8 Å². The number of hydrogen-bond donors (Lipinski definition) is 1. The second-order valence-corrected chi connectivity index (χ2v) is 3.38. The molecule has 0 bridgehead atoms. The van der Waals surface area contributed by atoms with E-state index in [9.17, 15) is 9.59 Å². The summed E-state index contributed by atoms with van der Waals surface area (Å²) < 4.78 is 5.25. The lowest BCUT2D eigenvalue weighted by Gasteiger charge is -2.20. The van der Waals surface area contributed by atoms with Crippen LogP contribution in [0, 0.1) is 6.92 Å². The second-order valence-electron chi connectivity index (χ2n) is 3.38. The van der Waals surface area contributed by atoms with E-state index >= 15 is 0 Å². The van der Waals surface area contributed by atoms with E-state index in [1.54, 1.807) is 12.1 Å². The topological polar surface area (TPSA) is 74.9 Å². The van der Waals surface area contributed by atoms with Crippen LogP contribution in [-0.2, 0) is 9.59 Å². The first-order chi connectivity index (χ1) is 7.66. The fourth-order valence-electron chi connectivity index (χ4n) is 1.33. The van der Waals surface area contributed by atoms with Crippen LogP contribution in [0.3, 0.4) is 0 Å². The smallest absolute Gasteiger partial charge is 0.331 e. The lowest BCUT2D eigenvalue weighted by atomic mass is 10.4. The minimum absolute atomic E-state index is 0.376. The molecule has 6 heteroatoms. The molecule has 1 aliphatic heterocycles. The van der Waals surface area contributed by atoms with Crippen molar-refractivity contribution in [3.05, 3.63) is 23.7 Å². The van der Waals surface area contributed by atoms with Gasteiger partial charge in [-0.25, -0.2) is 5.01 Å². The molecule has 1 saturated heterocycles. The van der Waals surface area contributed by atoms with Gasteiger partial charge in [-0.3, -0.25) is 9.59 Å². The second kappa shape index (κ2) is 4.18. The minimum Gasteiger partial charge on any atom is -0.460 e. The molecule has 1 fully saturated rings. The number of carbonyl (C=O) groups is 2. The number of carbonyl (C=O) groups excluding carboxylic acids is 2. The van der Waals surface area contributed by atoms with Gasteiger partial charge in [0.2, 0.25) is 0 Å². The molecule has 1 aromatic rings. The Morgan fingerprint density at radius 3 is 3.00 bits per heavy atom. The largest absolute Gasteiger partial charge is 0.460 e. The van der Waals surface area contributed by atoms with Crippen LogP contribution in [0.4, 0.5) is 0 Å². The summed E-state index contributed by atoms with van der Waals surface area (Å²) >= 11 is 0. The van der Waals surface area contributed by atoms with Gasteiger partial charge in [0.15, 0.2) is 0 Å². The van der Waals surface area contributed by atoms with Crippen molar-refractivity contribution in [1.82, 2.24) is 10.3 Å². The highest BCUT2D eigenvalue weighted by molar-refractivity contribution is 6.35. The molecule has 0 atom stereocenters. The molecule has 0 aromatic carbocycles. The highest BCUT2D eigenvalue weighted by Crippen LogP contribution is 2.04. The van der Waals surface area contributed by atoms with Crippen LogP contribution in [-0.4, -0.2) is 36.1 Å². The monoisotopic (exact) mass is 221 g/mol. The minimum atomic E-state index is -0.647. The van der Waals surface area contributed by atoms with E-state index in [4.69, 9.17) is 4.42 Å². The summed E-state index contributed by atoms with van der Waals surface area (Å²) in [7, 11) is 0. The van der Waals surface area contributed by atoms with E-state index in [1.165, 1.54) is 6.21 Å². The SMILES string of the molecule is Cc1ccc(C=NN2CCNC(=O)C2=O)o1. The number of hydrazone groups is 1. The van der Waals surface area contributed by atoms with Crippen molar-refractivity contribution in [2.75, 3.05) is 13.1 Å². The third kappa shape index (κ3) is 2.10. The van der Waals surface area contributed by atoms with Gasteiger partial charge in [-0.2, -0.15) is 5.10 Å². The maximum absolute atomic E-state index is 11.3. The Kier molecular flexibility index (Phi) is 2.72. The Balaban J connectivity index is 2.06. The molecule has 1 aromatic heterocycles. The van der Waals surface area contributed by atoms with Crippen LogP contribution < -0.4 is 5.32 Å². The average Bonchev–Trinajstić information content (AvgIpc) is 2.67. The molecule has 16 heavy (non-hydrogen) atoms. The number of hydrogen-bond acceptors (Lipinski definition) is 4. The van der Waals surface area contributed by atoms with Crippen LogP contribution in [0.15, 0.2) is 21.7 Å². The first-order valence-corrected chi connectivity index (χ1v) is 4.87. The van der Waals surface area contributed by atoms with Crippen LogP contribution in [0.25, 0.3) is 0 Å². The summed E-state index contributed by atoms with van der Waals surface area (Å²) in [5.41, 5.74) is 0. The van der Waals surface area contributed by atoms with E-state index in [1.807, 2.05) is 6.92 Å². The number of nitrogens with zero attached hydrogens (tertiary/aromatic N) is 2. The van der Waals surface area contributed by atoms with E-state index in [2.05, 4.69) is 10.4 Å². The van der Waals surface area contributed by atoms with Crippen LogP contribution >= 0.6 is 0 Å². The molecule has 0 saturated carbocycles. The van der Waals surface area contributed by atoms with Crippen molar-refractivity contribution >= 4 is 18.0 Å². The van der Waals surface area contributed by atoms with Gasteiger partial charge in [-0.05, 0) is 19.1 Å². The van der Waals surface area contributed by atoms with Gasteiger partial charge < -0.3 is 9.73 Å². The van der Waals surface area contributed by atoms with Gasteiger partial charge in [0.25, 0.3) is 0 Å². The molecule has 2 rings (SSSR count). The fraction of sp³-hybridized carbons (Fsp3) is 0.300. The molecule has 0 aliphatic carbocycles. The quantitative estimate of drug-likeness (QED) is 0.559. The third-order valence-electron chi connectivity index (χ3n) is 2.12. The normalized spacial score (nSPS) is 16.9. The lowest BCUT2D eigenvalue weighted by molar-refractivity contribution is -0.148. The lowest BCUT2D eigenvalue weighted by Crippen LogP contribution is -2.49. The van der Waals surface area contributed by atoms with Crippen molar-refractivity contribution in [3.8, 4) is 0 Å². The van der Waals surface area contributed by atoms with Gasteiger partial charge in [0.05, 0.1) is 12.8 Å². The molecule has 2 amide bonds. The number of piperazine rings is 1. The van der Waals surface area contributed by atoms with Gasteiger partial charge in [0.1, 0.15) is 11.5 Å². The summed E-state index contributed by atoms with van der Waals surface area (Å²) in [5.74, 6) is 0.0465. The zero-order chi connectivity index (χ0) is 11.5. The van der Waals surface area contributed by atoms with Crippen molar-refractivity contribution in [1.29, 1.82) is 0 Å². The summed E-state index contributed by atoms with van der Waals surface area (Å²) in [6.07, 6.45) is 1.42. The Morgan fingerprint density at radius 1 is 1.50 bits per heavy atom. The van der Waals surface area contributed by atoms with Crippen molar-refractivity contribution < 1.29 is 14.0 Å². The first-order valence-electron chi connectivity index (χ1n) is 4.87. The molecule has 6 nitrogen and oxygen atoms in total. The van der Waals surface area contributed by atoms with Crippen LogP contribution in [0.1, 0.15) is 11.5 Å². The zero-order valence-electron chi connectivity index (χ0n) is 8.77. The molecule has 0 spiro atoms. The number of aryl methyl sites for hydroxylation is 1. The standard InChI is InChI=1S/C10H11N3O3/c1-7-2-3-8(16-7)6-12-13-5-4-11-9(14)10(13)15/h2-3,6H,4-5H2,1H3,(H,11,14). The van der Waals surface area contributed by atoms with Crippen LogP contribution in [0.5, 0.6) is 0 Å². The fourth-order valence-corrected chi connectivity index (χ4v) is 1.33. The van der Waals surface area contributed by atoms with Crippen molar-refractivity contribution in [2.45, 2.75) is 6.92 Å². The number of rotatable bonds is 2. The van der Waals surface area contributed by atoms with Crippen molar-refractivity contribution in [3.63, 3.8) is 0 Å². The number of furan rings is 1. The maximum atomic E-state index is 11.3. The number of nitrogens with one attached hydrogen (secondary N) is 1. The zero-order valence-corrected chi connectivity index (χ0v) is 8.77. The summed E-state index contributed by atoms with van der Waals surface area (Å²) in [5, 5.41) is 7.46. The molecule has 1 aliphatic rings. The highest BCUT2D eigenvalue weighted by atomic mass is 16.3. The van der Waals surface area contributed by atoms with E-state index in [-0.39, 0.29) is 0 Å². The van der Waals surface area contributed by atoms with Crippen LogP contribution in [0.2, 0.25) is 0 Å². The van der Waals surface area contributed by atoms with Gasteiger partial charge in [-0.1, -0.05) is 0 Å². The highest BCUT2D eigenvalue weighted by Gasteiger charge is 2.25. The Hall–Kier alpha value is -2.11. The first kappa shape index (κ1) is 10.4. The van der Waals surface area contributed by atoms with Gasteiger partial charge in [-0.15, -0.1) is 0 Å². The molecule has 0 radical (unpaired) electrons. The molecule has 2 heterocycles. The Labute approximate surface area is 91.9 Å². The predicted octanol–water partition coefficient (Wildman–Crippen LogP) is -0.120. The molecular formula is C10H11N3O3. The number of amides is 2. The van der Waals surface area contributed by atoms with E-state index in [0.29, 0.717) is 18.8 Å². The summed E-state index contributed by atoms with van der Waals surface area (Å²) in [6.45, 7) is 2.61.